The van der Waals surface area contributed by atoms with Gasteiger partial charge in [0.05, 0.1) is 17.6 Å². The third-order valence-corrected chi connectivity index (χ3v) is 5.25. The zero-order valence-corrected chi connectivity index (χ0v) is 18.0. The Labute approximate surface area is 177 Å². The van der Waals surface area contributed by atoms with Crippen molar-refractivity contribution in [2.24, 2.45) is 0 Å². The quantitative estimate of drug-likeness (QED) is 0.544. The number of carbonyl (C=O) groups is 2. The van der Waals surface area contributed by atoms with Gasteiger partial charge in [-0.3, -0.25) is 14.2 Å². The topological polar surface area (TPSA) is 112 Å². The summed E-state index contributed by atoms with van der Waals surface area (Å²) < 4.78 is 19.0. The number of esters is 2. The molecule has 12 heteroatoms. The Hall–Kier alpha value is -2.44. The van der Waals surface area contributed by atoms with Crippen LogP contribution in [0.15, 0.2) is 12.7 Å². The number of hydrogen-bond acceptors (Lipinski definition) is 9. The SMILES string of the molecule is CC(=O)OC[C@@H]1O[C@H](n2cnc3c(=S)nc[nH]c32)[C@H](OC(C)=O)[C@H]1N(C)C(C)=S. The van der Waals surface area contributed by atoms with Gasteiger partial charge in [0.15, 0.2) is 17.0 Å². The highest BCUT2D eigenvalue weighted by atomic mass is 32.1. The number of fused-ring (bicyclic) bond motifs is 1. The van der Waals surface area contributed by atoms with Crippen LogP contribution in [0.4, 0.5) is 0 Å². The maximum Gasteiger partial charge on any atom is 0.303 e. The normalized spacial score (nSPS) is 23.7. The van der Waals surface area contributed by atoms with Crippen LogP contribution in [0.2, 0.25) is 0 Å². The molecular weight excluding hydrogens is 418 g/mol. The van der Waals surface area contributed by atoms with E-state index in [-0.39, 0.29) is 6.61 Å². The summed E-state index contributed by atoms with van der Waals surface area (Å²) in [4.78, 5) is 36.9. The summed E-state index contributed by atoms with van der Waals surface area (Å²) in [5.74, 6) is -0.916. The van der Waals surface area contributed by atoms with Crippen LogP contribution in [-0.2, 0) is 23.8 Å². The van der Waals surface area contributed by atoms with Gasteiger partial charge in [0, 0.05) is 20.9 Å². The van der Waals surface area contributed by atoms with Crippen LogP contribution in [0.3, 0.4) is 0 Å². The molecule has 3 rings (SSSR count). The average molecular weight is 440 g/mol. The molecule has 0 bridgehead atoms. The standard InChI is InChI=1S/C17H21N5O5S2/c1-8(28)21(4)13-11(5-25-9(2)23)27-17(14(13)26-10(3)24)22-7-20-12-15(22)18-6-19-16(12)29/h6-7,11,13-14,17H,5H2,1-4H3,(H,18,19,29)/t11-,13-,14+,17-/m0/s1. The first-order valence-electron chi connectivity index (χ1n) is 8.80. The second-order valence-corrected chi connectivity index (χ2v) is 7.60. The second kappa shape index (κ2) is 8.51. The lowest BCUT2D eigenvalue weighted by atomic mass is 10.1. The fourth-order valence-corrected chi connectivity index (χ4v) is 3.67. The van der Waals surface area contributed by atoms with Crippen LogP contribution < -0.4 is 0 Å². The second-order valence-electron chi connectivity index (χ2n) is 6.62. The van der Waals surface area contributed by atoms with Crippen LogP contribution in [-0.4, -0.2) is 73.3 Å². The Balaban J connectivity index is 2.07. The molecular formula is C17H21N5O5S2. The van der Waals surface area contributed by atoms with E-state index in [1.165, 1.54) is 26.5 Å². The Morgan fingerprint density at radius 3 is 2.66 bits per heavy atom. The molecule has 4 atom stereocenters. The number of thiocarbonyl (C=S) groups is 1. The minimum atomic E-state index is -0.751. The van der Waals surface area contributed by atoms with Gasteiger partial charge in [0.25, 0.3) is 0 Å². The fraction of sp³-hybridized carbons (Fsp3) is 0.529. The van der Waals surface area contributed by atoms with Gasteiger partial charge in [-0.15, -0.1) is 0 Å². The lowest BCUT2D eigenvalue weighted by Crippen LogP contribution is -2.49. The molecule has 0 radical (unpaired) electrons. The largest absolute Gasteiger partial charge is 0.463 e. The zero-order valence-electron chi connectivity index (χ0n) is 16.3. The Morgan fingerprint density at radius 1 is 1.31 bits per heavy atom. The molecule has 2 aromatic rings. The molecule has 0 unspecified atom stereocenters. The predicted octanol–water partition coefficient (Wildman–Crippen LogP) is 1.53. The molecule has 3 heterocycles. The van der Waals surface area contributed by atoms with Crippen molar-refractivity contribution in [3.8, 4) is 0 Å². The number of rotatable bonds is 5. The van der Waals surface area contributed by atoms with E-state index in [0.29, 0.717) is 20.8 Å². The molecule has 1 aliphatic heterocycles. The van der Waals surface area contributed by atoms with Gasteiger partial charge >= 0.3 is 11.9 Å². The van der Waals surface area contributed by atoms with Crippen molar-refractivity contribution in [3.05, 3.63) is 17.3 Å². The molecule has 29 heavy (non-hydrogen) atoms. The van der Waals surface area contributed by atoms with Gasteiger partial charge in [-0.1, -0.05) is 24.4 Å². The maximum absolute atomic E-state index is 11.9. The van der Waals surface area contributed by atoms with Crippen molar-refractivity contribution >= 4 is 52.5 Å². The molecule has 10 nitrogen and oxygen atoms in total. The zero-order chi connectivity index (χ0) is 21.3. The third-order valence-electron chi connectivity index (χ3n) is 4.66. The highest BCUT2D eigenvalue weighted by Gasteiger charge is 2.50. The summed E-state index contributed by atoms with van der Waals surface area (Å²) in [5.41, 5.74) is 1.06. The van der Waals surface area contributed by atoms with Crippen LogP contribution in [0.1, 0.15) is 27.0 Å². The molecule has 0 spiro atoms. The summed E-state index contributed by atoms with van der Waals surface area (Å²) >= 11 is 10.5. The van der Waals surface area contributed by atoms with E-state index in [9.17, 15) is 9.59 Å². The summed E-state index contributed by atoms with van der Waals surface area (Å²) in [6, 6.07) is -0.483. The number of ether oxygens (including phenoxy) is 3. The number of nitrogens with zero attached hydrogens (tertiary/aromatic N) is 4. The predicted molar refractivity (Wildman–Crippen MR) is 109 cm³/mol. The number of carbonyl (C=O) groups excluding carboxylic acids is 2. The highest BCUT2D eigenvalue weighted by molar-refractivity contribution is 7.80. The molecule has 1 fully saturated rings. The van der Waals surface area contributed by atoms with Gasteiger partial charge in [-0.25, -0.2) is 9.97 Å². The van der Waals surface area contributed by atoms with Crippen LogP contribution in [0.5, 0.6) is 0 Å². The summed E-state index contributed by atoms with van der Waals surface area (Å²) in [6.07, 6.45) is 0.899. The van der Waals surface area contributed by atoms with Gasteiger partial charge < -0.3 is 24.1 Å². The molecule has 0 aliphatic carbocycles. The van der Waals surface area contributed by atoms with Crippen LogP contribution in [0.25, 0.3) is 11.2 Å². The lowest BCUT2D eigenvalue weighted by Gasteiger charge is -2.32. The summed E-state index contributed by atoms with van der Waals surface area (Å²) in [5, 5.41) is 0. The average Bonchev–Trinajstić information content (AvgIpc) is 3.21. The molecule has 0 amide bonds. The van der Waals surface area contributed by atoms with E-state index in [1.807, 2.05) is 0 Å². The van der Waals surface area contributed by atoms with Gasteiger partial charge in [-0.2, -0.15) is 0 Å². The first-order chi connectivity index (χ1) is 13.7. The number of nitrogens with one attached hydrogen (secondary N) is 1. The van der Waals surface area contributed by atoms with Gasteiger partial charge in [0.2, 0.25) is 0 Å². The van der Waals surface area contributed by atoms with E-state index >= 15 is 0 Å². The van der Waals surface area contributed by atoms with E-state index in [4.69, 9.17) is 38.6 Å². The van der Waals surface area contributed by atoms with Crippen molar-refractivity contribution in [1.82, 2.24) is 24.4 Å². The smallest absolute Gasteiger partial charge is 0.303 e. The Morgan fingerprint density at radius 2 is 2.03 bits per heavy atom. The number of hydrogen-bond donors (Lipinski definition) is 1. The van der Waals surface area contributed by atoms with E-state index < -0.39 is 36.4 Å². The van der Waals surface area contributed by atoms with Crippen molar-refractivity contribution in [1.29, 1.82) is 0 Å². The fourth-order valence-electron chi connectivity index (χ4n) is 3.34. The molecule has 1 saturated heterocycles. The summed E-state index contributed by atoms with van der Waals surface area (Å²) in [6.45, 7) is 4.37. The molecule has 1 N–H and O–H groups in total. The van der Waals surface area contributed by atoms with Gasteiger partial charge in [-0.05, 0) is 6.92 Å². The minimum absolute atomic E-state index is 0.0224. The maximum atomic E-state index is 11.9. The number of likely N-dealkylation sites (N-methyl/N-ethyl adjacent to an activating group) is 1. The van der Waals surface area contributed by atoms with Crippen molar-refractivity contribution in [3.63, 3.8) is 0 Å². The first kappa shape index (κ1) is 21.3. The number of H-pyrrole nitrogens is 1. The number of aromatic amines is 1. The van der Waals surface area contributed by atoms with Crippen LogP contribution in [0, 0.1) is 4.64 Å². The molecule has 0 saturated carbocycles. The van der Waals surface area contributed by atoms with Crippen LogP contribution >= 0.6 is 24.4 Å². The molecule has 2 aromatic heterocycles. The first-order valence-corrected chi connectivity index (χ1v) is 9.62. The Bertz CT molecular complexity index is 1010. The monoisotopic (exact) mass is 439 g/mol. The van der Waals surface area contributed by atoms with E-state index in [2.05, 4.69) is 15.0 Å². The Kier molecular flexibility index (Phi) is 6.24. The summed E-state index contributed by atoms with van der Waals surface area (Å²) in [7, 11) is 1.78. The van der Waals surface area contributed by atoms with E-state index in [0.717, 1.165) is 0 Å². The lowest BCUT2D eigenvalue weighted by molar-refractivity contribution is -0.153. The van der Waals surface area contributed by atoms with Crippen molar-refractivity contribution in [2.45, 2.75) is 45.2 Å². The minimum Gasteiger partial charge on any atom is -0.463 e. The highest BCUT2D eigenvalue weighted by Crippen LogP contribution is 2.36. The third kappa shape index (κ3) is 4.28. The van der Waals surface area contributed by atoms with Crippen molar-refractivity contribution in [2.75, 3.05) is 13.7 Å². The molecule has 156 valence electrons. The van der Waals surface area contributed by atoms with E-state index in [1.54, 1.807) is 23.4 Å². The van der Waals surface area contributed by atoms with Crippen molar-refractivity contribution < 1.29 is 23.8 Å². The molecule has 0 aromatic carbocycles. The number of aromatic nitrogens is 4. The van der Waals surface area contributed by atoms with Gasteiger partial charge in [0.1, 0.15) is 29.9 Å². The molecule has 1 aliphatic rings. The number of imidazole rings is 1.